The third-order valence-electron chi connectivity index (χ3n) is 24.9. The minimum absolute atomic E-state index is 0.608. The van der Waals surface area contributed by atoms with E-state index in [4.69, 9.17) is 24.9 Å². The Morgan fingerprint density at radius 3 is 0.897 bits per heavy atom. The second-order valence-corrected chi connectivity index (χ2v) is 32.2. The topological polar surface area (TPSA) is 84.2 Å². The first-order valence-corrected chi connectivity index (χ1v) is 42.8. The third-order valence-corrected chi connectivity index (χ3v) is 24.9. The van der Waals surface area contributed by atoms with Crippen molar-refractivity contribution >= 4 is 109 Å². The first kappa shape index (κ1) is 73.0. The zero-order valence-electron chi connectivity index (χ0n) is 68.3. The molecule has 0 N–H and O–H groups in total. The lowest BCUT2D eigenvalue weighted by Gasteiger charge is -2.14. The molecule has 9 heteroatoms. The summed E-state index contributed by atoms with van der Waals surface area (Å²) in [7, 11) is 0. The molecular formula is C117H75N9. The lowest BCUT2D eigenvalue weighted by molar-refractivity contribution is 1.07. The lowest BCUT2D eigenvalue weighted by Crippen LogP contribution is -2.02. The summed E-state index contributed by atoms with van der Waals surface area (Å²) in [5.74, 6) is 2.55. The molecular weight excluding hydrogens is 1530 g/mol. The molecule has 25 aromatic rings. The Bertz CT molecular complexity index is 8470. The van der Waals surface area contributed by atoms with E-state index < -0.39 is 0 Å². The molecule has 126 heavy (non-hydrogen) atoms. The number of aromatic nitrogens is 9. The van der Waals surface area contributed by atoms with Gasteiger partial charge in [-0.05, 0) is 146 Å². The van der Waals surface area contributed by atoms with Gasteiger partial charge in [-0.2, -0.15) is 0 Å². The Hall–Kier alpha value is -17.0. The van der Waals surface area contributed by atoms with Crippen LogP contribution >= 0.6 is 0 Å². The molecule has 6 aromatic heterocycles. The second-order valence-electron chi connectivity index (χ2n) is 32.2. The van der Waals surface area contributed by atoms with Crippen molar-refractivity contribution in [2.45, 2.75) is 0 Å². The molecule has 0 bridgehead atoms. The Labute approximate surface area is 726 Å². The minimum Gasteiger partial charge on any atom is -0.307 e. The van der Waals surface area contributed by atoms with Gasteiger partial charge in [-0.1, -0.05) is 364 Å². The summed E-state index contributed by atoms with van der Waals surface area (Å²) >= 11 is 0. The predicted octanol–water partition coefficient (Wildman–Crippen LogP) is 30.0. The van der Waals surface area contributed by atoms with Crippen molar-refractivity contribution in [1.82, 2.24) is 43.2 Å². The van der Waals surface area contributed by atoms with Crippen LogP contribution in [0.2, 0.25) is 0 Å². The number of rotatable bonds is 13. The van der Waals surface area contributed by atoms with E-state index in [0.29, 0.717) is 23.3 Å². The normalized spacial score (nSPS) is 11.7. The molecule has 0 atom stereocenters. The monoisotopic (exact) mass is 1610 g/mol. The number of nitrogens with zero attached hydrogens (tertiary/aromatic N) is 9. The molecule has 0 aliphatic heterocycles. The van der Waals surface area contributed by atoms with Gasteiger partial charge in [-0.15, -0.1) is 0 Å². The van der Waals surface area contributed by atoms with E-state index in [-0.39, 0.29) is 0 Å². The summed E-state index contributed by atoms with van der Waals surface area (Å²) in [4.78, 5) is 26.2. The number of benzene rings is 19. The van der Waals surface area contributed by atoms with Gasteiger partial charge in [-0.25, -0.2) is 24.9 Å². The van der Waals surface area contributed by atoms with Crippen LogP contribution in [0.4, 0.5) is 0 Å². The largest absolute Gasteiger partial charge is 0.307 e. The summed E-state index contributed by atoms with van der Waals surface area (Å²) in [6.45, 7) is 0. The Balaban J connectivity index is 0.000000141. The predicted molar refractivity (Wildman–Crippen MR) is 523 cm³/mol. The van der Waals surface area contributed by atoms with E-state index >= 15 is 0 Å². The van der Waals surface area contributed by atoms with Crippen LogP contribution in [0.3, 0.4) is 0 Å². The molecule has 0 spiro atoms. The fourth-order valence-electron chi connectivity index (χ4n) is 19.0. The Kier molecular flexibility index (Phi) is 17.7. The maximum atomic E-state index is 5.35. The van der Waals surface area contributed by atoms with Crippen molar-refractivity contribution in [1.29, 1.82) is 0 Å². The minimum atomic E-state index is 0.608. The van der Waals surface area contributed by atoms with Crippen LogP contribution in [0.1, 0.15) is 0 Å². The van der Waals surface area contributed by atoms with E-state index in [1.807, 2.05) is 30.3 Å². The molecule has 9 nitrogen and oxygen atoms in total. The molecule has 0 radical (unpaired) electrons. The fraction of sp³-hybridized carbons (Fsp3) is 0. The van der Waals surface area contributed by atoms with Gasteiger partial charge in [0, 0.05) is 99.2 Å². The molecule has 25 rings (SSSR count). The molecule has 0 saturated heterocycles. The number of para-hydroxylation sites is 4. The highest BCUT2D eigenvalue weighted by molar-refractivity contribution is 6.25. The molecule has 0 amide bonds. The zero-order valence-corrected chi connectivity index (χ0v) is 68.3. The van der Waals surface area contributed by atoms with Gasteiger partial charge in [0.05, 0.1) is 55.5 Å². The number of fused-ring (bicyclic) bond motifs is 16. The van der Waals surface area contributed by atoms with Crippen LogP contribution in [0, 0.1) is 0 Å². The van der Waals surface area contributed by atoms with Crippen molar-refractivity contribution in [3.05, 3.63) is 455 Å². The standard InChI is InChI=1S/C60H38N4.C57H37N5/c1-2-13-39(14-3-1)42-29-31-48(32-30-42)63-56-23-10-8-21-50(56)52-33-34-53-51-22-9-11-24-57(51)64(59(53)58(52)63)49-20-12-19-45(37-49)54-38-55(46-27-25-40-15-4-6-17-43(40)35-46)62-60(61-54)47-28-26-41-16-5-7-18-44(41)36-47;1-4-17-38(18-5-1)39-31-33-43(34-32-39)61-51-29-14-12-26-46(51)48-35-36-49-47-27-13-15-30-52(47)62(54(49)53(48)61)44-24-16-23-42(37-44)56-58-55(41-21-8-3-9-22-41)59-57(60-56)50-28-11-10-25-45(50)40-19-6-2-7-20-40/h1-38H;1-37H. The maximum Gasteiger partial charge on any atom is 0.164 e. The molecule has 0 unspecified atom stereocenters. The molecule has 6 heterocycles. The highest BCUT2D eigenvalue weighted by atomic mass is 15.1. The molecule has 0 aliphatic rings. The van der Waals surface area contributed by atoms with Crippen molar-refractivity contribution in [2.75, 3.05) is 0 Å². The molecule has 588 valence electrons. The van der Waals surface area contributed by atoms with Gasteiger partial charge >= 0.3 is 0 Å². The Morgan fingerprint density at radius 1 is 0.143 bits per heavy atom. The molecule has 0 aliphatic carbocycles. The van der Waals surface area contributed by atoms with Crippen molar-refractivity contribution in [3.8, 4) is 124 Å². The molecule has 19 aromatic carbocycles. The summed E-state index contributed by atoms with van der Waals surface area (Å²) in [6.07, 6.45) is 0. The zero-order chi connectivity index (χ0) is 83.1. The Morgan fingerprint density at radius 2 is 0.437 bits per heavy atom. The first-order valence-electron chi connectivity index (χ1n) is 42.8. The summed E-state index contributed by atoms with van der Waals surface area (Å²) in [5.41, 5.74) is 28.1. The van der Waals surface area contributed by atoms with Gasteiger partial charge in [0.15, 0.2) is 23.3 Å². The van der Waals surface area contributed by atoms with Crippen LogP contribution in [0.5, 0.6) is 0 Å². The molecule has 0 saturated carbocycles. The van der Waals surface area contributed by atoms with Gasteiger partial charge in [0.2, 0.25) is 0 Å². The summed E-state index contributed by atoms with van der Waals surface area (Å²) < 4.78 is 9.78. The maximum absolute atomic E-state index is 5.35. The quantitative estimate of drug-likeness (QED) is 0.115. The first-order chi connectivity index (χ1) is 62.5. The summed E-state index contributed by atoms with van der Waals surface area (Å²) in [5, 5.41) is 14.4. The van der Waals surface area contributed by atoms with Gasteiger partial charge in [0.25, 0.3) is 0 Å². The van der Waals surface area contributed by atoms with E-state index in [0.717, 1.165) is 117 Å². The van der Waals surface area contributed by atoms with Crippen molar-refractivity contribution < 1.29 is 0 Å². The highest BCUT2D eigenvalue weighted by Crippen LogP contribution is 2.46. The summed E-state index contributed by atoms with van der Waals surface area (Å²) in [6, 6.07) is 162. The highest BCUT2D eigenvalue weighted by Gasteiger charge is 2.26. The second kappa shape index (κ2) is 30.6. The van der Waals surface area contributed by atoms with Crippen LogP contribution < -0.4 is 0 Å². The fourth-order valence-corrected chi connectivity index (χ4v) is 19.0. The van der Waals surface area contributed by atoms with Crippen molar-refractivity contribution in [3.63, 3.8) is 0 Å². The van der Waals surface area contributed by atoms with Gasteiger partial charge in [0.1, 0.15) is 0 Å². The molecule has 0 fully saturated rings. The van der Waals surface area contributed by atoms with Crippen molar-refractivity contribution in [2.24, 2.45) is 0 Å². The van der Waals surface area contributed by atoms with Crippen LogP contribution in [-0.4, -0.2) is 43.2 Å². The van der Waals surface area contributed by atoms with Crippen LogP contribution in [0.15, 0.2) is 455 Å². The lowest BCUT2D eigenvalue weighted by atomic mass is 9.99. The average molecular weight is 1610 g/mol. The third kappa shape index (κ3) is 12.7. The van der Waals surface area contributed by atoms with Crippen LogP contribution in [0.25, 0.3) is 233 Å². The number of hydrogen-bond acceptors (Lipinski definition) is 5. The number of hydrogen-bond donors (Lipinski definition) is 0. The van der Waals surface area contributed by atoms with E-state index in [1.54, 1.807) is 0 Å². The smallest absolute Gasteiger partial charge is 0.164 e. The van der Waals surface area contributed by atoms with E-state index in [1.165, 1.54) is 92.5 Å². The van der Waals surface area contributed by atoms with Crippen LogP contribution in [-0.2, 0) is 0 Å². The van der Waals surface area contributed by atoms with E-state index in [2.05, 4.69) is 443 Å². The van der Waals surface area contributed by atoms with E-state index in [9.17, 15) is 0 Å². The van der Waals surface area contributed by atoms with Gasteiger partial charge < -0.3 is 18.3 Å². The SMILES string of the molecule is c1ccc(-c2ccc(-n3c4ccccc4c4ccc5c6ccccc6n(-c6cccc(-c7cc(-c8ccc9ccccc9c8)nc(-c8ccc9ccccc9c8)n7)c6)c5c43)cc2)cc1.c1ccc(-c2ccc(-n3c4ccccc4c4ccc5c6ccccc6n(-c6cccc(-c7nc(-c8ccccc8)nc(-c8ccccc8-c8ccccc8)n7)c6)c5c43)cc2)cc1. The van der Waals surface area contributed by atoms with Gasteiger partial charge in [-0.3, -0.25) is 0 Å². The average Bonchev–Trinajstić information content (AvgIpc) is 1.55.